The van der Waals surface area contributed by atoms with E-state index in [1.54, 1.807) is 13.0 Å². The summed E-state index contributed by atoms with van der Waals surface area (Å²) in [4.78, 5) is 11.0. The zero-order chi connectivity index (χ0) is 13.4. The Morgan fingerprint density at radius 1 is 1.16 bits per heavy atom. The molecule has 0 aliphatic carbocycles. The van der Waals surface area contributed by atoms with Crippen molar-refractivity contribution >= 4 is 17.3 Å². The zero-order valence-corrected chi connectivity index (χ0v) is 10.4. The van der Waals surface area contributed by atoms with Crippen molar-refractivity contribution in [3.63, 3.8) is 0 Å². The molecule has 2 aromatic carbocycles. The maximum atomic E-state index is 11.0. The van der Waals surface area contributed by atoms with Crippen LogP contribution >= 0.6 is 0 Å². The van der Waals surface area contributed by atoms with Crippen LogP contribution in [0.1, 0.15) is 18.4 Å². The van der Waals surface area contributed by atoms with E-state index in [1.807, 2.05) is 36.4 Å². The summed E-state index contributed by atoms with van der Waals surface area (Å²) in [5, 5.41) is 12.3. The number of benzene rings is 2. The number of fused-ring (bicyclic) bond motifs is 2. The van der Waals surface area contributed by atoms with Crippen molar-refractivity contribution in [2.24, 2.45) is 0 Å². The van der Waals surface area contributed by atoms with Crippen LogP contribution in [0.5, 0.6) is 11.5 Å². The average Bonchev–Trinajstić information content (AvgIpc) is 2.43. The molecule has 96 valence electrons. The summed E-state index contributed by atoms with van der Waals surface area (Å²) in [6, 6.07) is 13.1. The number of rotatable bonds is 2. The number of hydrogen-bond acceptors (Lipinski definition) is 3. The lowest BCUT2D eigenvalue weighted by Gasteiger charge is -2.22. The number of aliphatic carboxylic acids is 1. The molecule has 1 aliphatic heterocycles. The number of carboxylic acids is 1. The van der Waals surface area contributed by atoms with Crippen molar-refractivity contribution in [2.45, 2.75) is 12.8 Å². The molecule has 2 N–H and O–H groups in total. The van der Waals surface area contributed by atoms with Crippen molar-refractivity contribution in [3.8, 4) is 11.5 Å². The largest absolute Gasteiger partial charge is 0.481 e. The molecule has 0 fully saturated rings. The summed E-state index contributed by atoms with van der Waals surface area (Å²) in [6.07, 6.45) is 0. The topological polar surface area (TPSA) is 58.6 Å². The number of nitrogens with one attached hydrogen (secondary N) is 1. The Kier molecular flexibility index (Phi) is 2.63. The van der Waals surface area contributed by atoms with Crippen LogP contribution in [0.3, 0.4) is 0 Å². The lowest BCUT2D eigenvalue weighted by molar-refractivity contribution is -0.138. The van der Waals surface area contributed by atoms with Gasteiger partial charge in [0.15, 0.2) is 11.5 Å². The van der Waals surface area contributed by atoms with Gasteiger partial charge in [0, 0.05) is 0 Å². The molecule has 0 aromatic heterocycles. The molecular weight excluding hydrogens is 242 g/mol. The standard InChI is InChI=1S/C15H13NO3/c1-9(15(17)18)10-6-7-12-14(8-10)19-13-5-3-2-4-11(13)16-12/h2-9,16H,1H3,(H,17,18). The zero-order valence-electron chi connectivity index (χ0n) is 10.4. The van der Waals surface area contributed by atoms with E-state index in [-0.39, 0.29) is 0 Å². The molecule has 19 heavy (non-hydrogen) atoms. The highest BCUT2D eigenvalue weighted by atomic mass is 16.5. The number of carboxylic acid groups (broad SMARTS) is 1. The Hall–Kier alpha value is -2.49. The fourth-order valence-electron chi connectivity index (χ4n) is 2.06. The smallest absolute Gasteiger partial charge is 0.310 e. The molecule has 4 heteroatoms. The third-order valence-corrected chi connectivity index (χ3v) is 3.25. The predicted octanol–water partition coefficient (Wildman–Crippen LogP) is 3.72. The van der Waals surface area contributed by atoms with Crippen LogP contribution < -0.4 is 10.1 Å². The first-order valence-electron chi connectivity index (χ1n) is 6.06. The Labute approximate surface area is 110 Å². The van der Waals surface area contributed by atoms with E-state index in [2.05, 4.69) is 5.32 Å². The molecule has 2 aromatic rings. The van der Waals surface area contributed by atoms with Gasteiger partial charge in [-0.1, -0.05) is 18.2 Å². The molecule has 0 amide bonds. The molecule has 0 spiro atoms. The molecular formula is C15H13NO3. The van der Waals surface area contributed by atoms with Crippen LogP contribution in [0.25, 0.3) is 0 Å². The fraction of sp³-hybridized carbons (Fsp3) is 0.133. The summed E-state index contributed by atoms with van der Waals surface area (Å²) < 4.78 is 5.79. The van der Waals surface area contributed by atoms with Gasteiger partial charge in [0.25, 0.3) is 0 Å². The van der Waals surface area contributed by atoms with E-state index in [9.17, 15) is 4.79 Å². The SMILES string of the molecule is CC(C(=O)O)c1ccc2c(c1)Oc1ccccc1N2. The van der Waals surface area contributed by atoms with E-state index in [4.69, 9.17) is 9.84 Å². The van der Waals surface area contributed by atoms with E-state index < -0.39 is 11.9 Å². The molecule has 1 unspecified atom stereocenters. The van der Waals surface area contributed by atoms with Gasteiger partial charge in [0.05, 0.1) is 17.3 Å². The van der Waals surface area contributed by atoms with E-state index in [1.165, 1.54) is 0 Å². The van der Waals surface area contributed by atoms with Crippen LogP contribution in [-0.4, -0.2) is 11.1 Å². The van der Waals surface area contributed by atoms with E-state index in [0.29, 0.717) is 5.75 Å². The Bertz CT molecular complexity index is 652. The van der Waals surface area contributed by atoms with Crippen molar-refractivity contribution in [2.75, 3.05) is 5.32 Å². The Balaban J connectivity index is 1.98. The molecule has 1 aliphatic rings. The normalized spacial score (nSPS) is 13.5. The van der Waals surface area contributed by atoms with Crippen molar-refractivity contribution < 1.29 is 14.6 Å². The maximum absolute atomic E-state index is 11.0. The first-order valence-corrected chi connectivity index (χ1v) is 6.06. The monoisotopic (exact) mass is 255 g/mol. The molecule has 1 atom stereocenters. The molecule has 4 nitrogen and oxygen atoms in total. The van der Waals surface area contributed by atoms with E-state index >= 15 is 0 Å². The summed E-state index contributed by atoms with van der Waals surface area (Å²) >= 11 is 0. The van der Waals surface area contributed by atoms with Gasteiger partial charge in [0.2, 0.25) is 0 Å². The fourth-order valence-corrected chi connectivity index (χ4v) is 2.06. The Morgan fingerprint density at radius 2 is 1.89 bits per heavy atom. The second-order valence-corrected chi connectivity index (χ2v) is 4.54. The van der Waals surface area contributed by atoms with Crippen molar-refractivity contribution in [1.82, 2.24) is 0 Å². The van der Waals surface area contributed by atoms with Gasteiger partial charge in [-0.3, -0.25) is 4.79 Å². The van der Waals surface area contributed by atoms with Crippen LogP contribution in [-0.2, 0) is 4.79 Å². The van der Waals surface area contributed by atoms with Crippen LogP contribution in [0.15, 0.2) is 42.5 Å². The lowest BCUT2D eigenvalue weighted by atomic mass is 10.0. The second-order valence-electron chi connectivity index (χ2n) is 4.54. The summed E-state index contributed by atoms with van der Waals surface area (Å²) in [5.74, 6) is 0.00890. The van der Waals surface area contributed by atoms with Gasteiger partial charge in [-0.15, -0.1) is 0 Å². The van der Waals surface area contributed by atoms with Gasteiger partial charge in [-0.2, -0.15) is 0 Å². The molecule has 0 saturated carbocycles. The number of anilines is 2. The minimum absolute atomic E-state index is 0.550. The van der Waals surface area contributed by atoms with Crippen LogP contribution in [0, 0.1) is 0 Å². The molecule has 3 rings (SSSR count). The number of hydrogen-bond donors (Lipinski definition) is 2. The third kappa shape index (κ3) is 2.01. The van der Waals surface area contributed by atoms with Gasteiger partial charge < -0.3 is 15.2 Å². The van der Waals surface area contributed by atoms with Crippen LogP contribution in [0.4, 0.5) is 11.4 Å². The molecule has 0 radical (unpaired) electrons. The Morgan fingerprint density at radius 3 is 2.68 bits per heavy atom. The summed E-state index contributed by atoms with van der Waals surface area (Å²) in [5.41, 5.74) is 2.49. The van der Waals surface area contributed by atoms with Crippen LogP contribution in [0.2, 0.25) is 0 Å². The average molecular weight is 255 g/mol. The summed E-state index contributed by atoms with van der Waals surface area (Å²) in [6.45, 7) is 1.66. The van der Waals surface area contributed by atoms with Gasteiger partial charge in [0.1, 0.15) is 0 Å². The lowest BCUT2D eigenvalue weighted by Crippen LogP contribution is -2.09. The van der Waals surface area contributed by atoms with Gasteiger partial charge in [-0.05, 0) is 36.8 Å². The minimum atomic E-state index is -0.843. The van der Waals surface area contributed by atoms with E-state index in [0.717, 1.165) is 22.7 Å². The first kappa shape index (κ1) is 11.6. The van der Waals surface area contributed by atoms with Gasteiger partial charge in [-0.25, -0.2) is 0 Å². The van der Waals surface area contributed by atoms with Crippen molar-refractivity contribution in [1.29, 1.82) is 0 Å². The predicted molar refractivity (Wildman–Crippen MR) is 72.3 cm³/mol. The highest BCUT2D eigenvalue weighted by Crippen LogP contribution is 2.42. The van der Waals surface area contributed by atoms with Gasteiger partial charge >= 0.3 is 5.97 Å². The third-order valence-electron chi connectivity index (χ3n) is 3.25. The highest BCUT2D eigenvalue weighted by molar-refractivity contribution is 5.79. The quantitative estimate of drug-likeness (QED) is 0.732. The van der Waals surface area contributed by atoms with Crippen molar-refractivity contribution in [3.05, 3.63) is 48.0 Å². The maximum Gasteiger partial charge on any atom is 0.310 e. The first-order chi connectivity index (χ1) is 9.15. The summed E-state index contributed by atoms with van der Waals surface area (Å²) in [7, 11) is 0. The number of ether oxygens (including phenoxy) is 1. The number of carbonyl (C=O) groups is 1. The number of para-hydroxylation sites is 2. The highest BCUT2D eigenvalue weighted by Gasteiger charge is 2.19. The molecule has 1 heterocycles. The minimum Gasteiger partial charge on any atom is -0.481 e. The second kappa shape index (κ2) is 4.31. The molecule has 0 saturated heterocycles. The molecule has 0 bridgehead atoms.